The van der Waals surface area contributed by atoms with E-state index >= 15 is 0 Å². The minimum absolute atomic E-state index is 0.131. The van der Waals surface area contributed by atoms with Gasteiger partial charge in [-0.2, -0.15) is 0 Å². The van der Waals surface area contributed by atoms with Crippen molar-refractivity contribution in [1.29, 1.82) is 0 Å². The molecule has 0 N–H and O–H groups in total. The van der Waals surface area contributed by atoms with E-state index in [1.807, 2.05) is 18.2 Å². The number of carbonyl (C=O) groups is 1. The molecular formula is C27H32O3. The highest BCUT2D eigenvalue weighted by atomic mass is 16.5. The maximum atomic E-state index is 12.2. The van der Waals surface area contributed by atoms with Crippen LogP contribution in [0.1, 0.15) is 79.6 Å². The zero-order chi connectivity index (χ0) is 21.7. The molecule has 1 heterocycles. The molecule has 158 valence electrons. The minimum atomic E-state index is -0.353. The smallest absolute Gasteiger partial charge is 0.337 e. The minimum Gasteiger partial charge on any atom is -0.492 e. The lowest BCUT2D eigenvalue weighted by molar-refractivity contribution is 0.0600. The molecule has 1 aliphatic heterocycles. The summed E-state index contributed by atoms with van der Waals surface area (Å²) in [5.74, 6) is 0.507. The van der Waals surface area contributed by atoms with Crippen molar-refractivity contribution in [2.45, 2.75) is 63.2 Å². The van der Waals surface area contributed by atoms with E-state index < -0.39 is 0 Å². The lowest BCUT2D eigenvalue weighted by Crippen LogP contribution is -2.35. The Morgan fingerprint density at radius 3 is 2.40 bits per heavy atom. The highest BCUT2D eigenvalue weighted by Gasteiger charge is 2.44. The summed E-state index contributed by atoms with van der Waals surface area (Å²) in [6.07, 6.45) is 5.06. The average Bonchev–Trinajstić information content (AvgIpc) is 3.10. The fourth-order valence-electron chi connectivity index (χ4n) is 5.21. The lowest BCUT2D eigenvalue weighted by Gasteiger charge is -2.43. The van der Waals surface area contributed by atoms with E-state index in [1.165, 1.54) is 36.6 Å². The predicted molar refractivity (Wildman–Crippen MR) is 121 cm³/mol. The summed E-state index contributed by atoms with van der Waals surface area (Å²) in [7, 11) is 1.41. The number of fused-ring (bicyclic) bond motifs is 2. The summed E-state index contributed by atoms with van der Waals surface area (Å²) in [4.78, 5) is 12.2. The summed E-state index contributed by atoms with van der Waals surface area (Å²) < 4.78 is 11.1. The van der Waals surface area contributed by atoms with E-state index in [2.05, 4.69) is 52.5 Å². The van der Waals surface area contributed by atoms with Crippen molar-refractivity contribution in [3.63, 3.8) is 0 Å². The molecule has 0 saturated heterocycles. The molecule has 1 aliphatic carbocycles. The first-order valence-electron chi connectivity index (χ1n) is 10.8. The van der Waals surface area contributed by atoms with Gasteiger partial charge in [0.2, 0.25) is 0 Å². The second-order valence-corrected chi connectivity index (χ2v) is 10.1. The summed E-state index contributed by atoms with van der Waals surface area (Å²) >= 11 is 0. The number of hydrogen-bond donors (Lipinski definition) is 0. The van der Waals surface area contributed by atoms with Gasteiger partial charge < -0.3 is 9.47 Å². The molecule has 0 aromatic heterocycles. The van der Waals surface area contributed by atoms with Gasteiger partial charge in [0.05, 0.1) is 18.1 Å². The standard InChI is InChI=1S/C27H32O3/c1-7-12-27(17-30-23-11-8-18(15-22(23)27)24(28)29-6)19-9-10-20-21(16-19)26(4,5)14-13-25(20,2)3/h7-11,15-16H,1,12-14,17H2,2-6H3. The topological polar surface area (TPSA) is 35.5 Å². The number of ether oxygens (including phenoxy) is 2. The monoisotopic (exact) mass is 404 g/mol. The normalized spacial score (nSPS) is 23.1. The van der Waals surface area contributed by atoms with Crippen LogP contribution in [0.4, 0.5) is 0 Å². The molecule has 0 radical (unpaired) electrons. The number of carbonyl (C=O) groups excluding carboxylic acids is 1. The Hall–Kier alpha value is -2.55. The van der Waals surface area contributed by atoms with Crippen LogP contribution in [0.5, 0.6) is 5.75 Å². The van der Waals surface area contributed by atoms with Crippen LogP contribution in [0.25, 0.3) is 0 Å². The summed E-state index contributed by atoms with van der Waals surface area (Å²) in [6, 6.07) is 12.6. The molecule has 0 fully saturated rings. The molecule has 3 heteroatoms. The maximum Gasteiger partial charge on any atom is 0.337 e. The van der Waals surface area contributed by atoms with Crippen molar-refractivity contribution in [2.24, 2.45) is 0 Å². The second kappa shape index (κ2) is 7.01. The van der Waals surface area contributed by atoms with Crippen LogP contribution in [0, 0.1) is 0 Å². The van der Waals surface area contributed by atoms with Crippen molar-refractivity contribution in [2.75, 3.05) is 13.7 Å². The van der Waals surface area contributed by atoms with Crippen molar-refractivity contribution < 1.29 is 14.3 Å². The van der Waals surface area contributed by atoms with Gasteiger partial charge in [-0.25, -0.2) is 4.79 Å². The number of methoxy groups -OCH3 is 1. The highest BCUT2D eigenvalue weighted by molar-refractivity contribution is 5.90. The van der Waals surface area contributed by atoms with E-state index in [4.69, 9.17) is 9.47 Å². The van der Waals surface area contributed by atoms with Crippen LogP contribution in [-0.2, 0) is 21.0 Å². The molecule has 3 nitrogen and oxygen atoms in total. The molecule has 30 heavy (non-hydrogen) atoms. The van der Waals surface area contributed by atoms with Gasteiger partial charge in [0.25, 0.3) is 0 Å². The first-order valence-corrected chi connectivity index (χ1v) is 10.8. The molecular weight excluding hydrogens is 372 g/mol. The van der Waals surface area contributed by atoms with E-state index in [1.54, 1.807) is 6.07 Å². The van der Waals surface area contributed by atoms with Crippen LogP contribution in [-0.4, -0.2) is 19.7 Å². The number of benzene rings is 2. The third-order valence-corrected chi connectivity index (χ3v) is 7.29. The van der Waals surface area contributed by atoms with E-state index in [0.717, 1.165) is 17.7 Å². The molecule has 0 saturated carbocycles. The Balaban J connectivity index is 1.91. The highest BCUT2D eigenvalue weighted by Crippen LogP contribution is 2.50. The van der Waals surface area contributed by atoms with E-state index in [9.17, 15) is 4.79 Å². The molecule has 2 aromatic rings. The van der Waals surface area contributed by atoms with Crippen LogP contribution in [0.3, 0.4) is 0 Å². The first-order chi connectivity index (χ1) is 14.1. The van der Waals surface area contributed by atoms with E-state index in [0.29, 0.717) is 12.2 Å². The average molecular weight is 405 g/mol. The van der Waals surface area contributed by atoms with Gasteiger partial charge in [0.1, 0.15) is 12.4 Å². The Bertz CT molecular complexity index is 1010. The van der Waals surface area contributed by atoms with Crippen LogP contribution >= 0.6 is 0 Å². The first kappa shape index (κ1) is 20.7. The molecule has 0 bridgehead atoms. The quantitative estimate of drug-likeness (QED) is 0.458. The Morgan fingerprint density at radius 1 is 1.03 bits per heavy atom. The van der Waals surface area contributed by atoms with Crippen molar-refractivity contribution in [3.05, 3.63) is 76.9 Å². The van der Waals surface area contributed by atoms with Crippen LogP contribution < -0.4 is 4.74 Å². The van der Waals surface area contributed by atoms with Crippen LogP contribution in [0.15, 0.2) is 49.1 Å². The molecule has 1 unspecified atom stereocenters. The van der Waals surface area contributed by atoms with Gasteiger partial charge in [-0.15, -0.1) is 6.58 Å². The molecule has 4 rings (SSSR count). The maximum absolute atomic E-state index is 12.2. The Kier molecular flexibility index (Phi) is 4.84. The molecule has 1 atom stereocenters. The SMILES string of the molecule is C=CCC1(c2ccc3c(c2)C(C)(C)CCC3(C)C)COc2ccc(C(=O)OC)cc21. The number of hydrogen-bond acceptors (Lipinski definition) is 3. The van der Waals surface area contributed by atoms with Gasteiger partial charge in [-0.3, -0.25) is 0 Å². The lowest BCUT2D eigenvalue weighted by atomic mass is 9.61. The Morgan fingerprint density at radius 2 is 1.73 bits per heavy atom. The van der Waals surface area contributed by atoms with Crippen molar-refractivity contribution in [3.8, 4) is 5.75 Å². The fraction of sp³-hybridized carbons (Fsp3) is 0.444. The number of rotatable bonds is 4. The van der Waals surface area contributed by atoms with Gasteiger partial charge >= 0.3 is 5.97 Å². The predicted octanol–water partition coefficient (Wildman–Crippen LogP) is 6.08. The summed E-state index contributed by atoms with van der Waals surface area (Å²) in [5, 5.41) is 0. The van der Waals surface area contributed by atoms with Crippen molar-refractivity contribution in [1.82, 2.24) is 0 Å². The third-order valence-electron chi connectivity index (χ3n) is 7.29. The third kappa shape index (κ3) is 3.07. The second-order valence-electron chi connectivity index (χ2n) is 10.1. The zero-order valence-corrected chi connectivity index (χ0v) is 18.8. The molecule has 2 aromatic carbocycles. The molecule has 0 amide bonds. The zero-order valence-electron chi connectivity index (χ0n) is 18.8. The van der Waals surface area contributed by atoms with Gasteiger partial charge in [-0.1, -0.05) is 52.0 Å². The van der Waals surface area contributed by atoms with Crippen LogP contribution in [0.2, 0.25) is 0 Å². The summed E-state index contributed by atoms with van der Waals surface area (Å²) in [5.41, 5.74) is 5.65. The number of esters is 1. The summed E-state index contributed by atoms with van der Waals surface area (Å²) in [6.45, 7) is 14.0. The van der Waals surface area contributed by atoms with Gasteiger partial charge in [-0.05, 0) is 65.0 Å². The van der Waals surface area contributed by atoms with Gasteiger partial charge in [0.15, 0.2) is 0 Å². The van der Waals surface area contributed by atoms with E-state index in [-0.39, 0.29) is 22.2 Å². The van der Waals surface area contributed by atoms with Crippen molar-refractivity contribution >= 4 is 5.97 Å². The fourth-order valence-corrected chi connectivity index (χ4v) is 5.21. The van der Waals surface area contributed by atoms with Gasteiger partial charge in [0, 0.05) is 5.56 Å². The molecule has 2 aliphatic rings. The Labute approximate surface area is 180 Å². The largest absolute Gasteiger partial charge is 0.492 e. The molecule has 0 spiro atoms. The number of allylic oxidation sites excluding steroid dienone is 1.